The highest BCUT2D eigenvalue weighted by Crippen LogP contribution is 2.38. The molecule has 110 valence electrons. The maximum atomic E-state index is 12.6. The van der Waals surface area contributed by atoms with Gasteiger partial charge in [-0.05, 0) is 52.4 Å². The first-order valence-corrected chi connectivity index (χ1v) is 8.84. The van der Waals surface area contributed by atoms with Crippen LogP contribution in [0.1, 0.15) is 49.9 Å². The van der Waals surface area contributed by atoms with Gasteiger partial charge in [0.05, 0.1) is 5.56 Å². The van der Waals surface area contributed by atoms with Crippen molar-refractivity contribution in [3.8, 4) is 0 Å². The number of rotatable bonds is 3. The molecule has 0 aliphatic carbocycles. The van der Waals surface area contributed by atoms with E-state index in [0.29, 0.717) is 5.41 Å². The summed E-state index contributed by atoms with van der Waals surface area (Å²) in [5, 5.41) is 0. The van der Waals surface area contributed by atoms with Gasteiger partial charge in [-0.25, -0.2) is 0 Å². The molecule has 0 saturated carbocycles. The minimum absolute atomic E-state index is 0.144. The molecule has 1 fully saturated rings. The smallest absolute Gasteiger partial charge is 0.254 e. The first-order valence-electron chi connectivity index (χ1n) is 7.25. The predicted molar refractivity (Wildman–Crippen MR) is 90.0 cm³/mol. The fraction of sp³-hybridized carbons (Fsp3) is 0.562. The molecular formula is C16H21Br2NO. The summed E-state index contributed by atoms with van der Waals surface area (Å²) >= 11 is 6.91. The number of carbonyl (C=O) groups is 1. The Kier molecular flexibility index (Phi) is 5.30. The fourth-order valence-electron chi connectivity index (χ4n) is 2.97. The van der Waals surface area contributed by atoms with Crippen molar-refractivity contribution in [2.45, 2.75) is 39.5 Å². The molecule has 2 nitrogen and oxygen atoms in total. The van der Waals surface area contributed by atoms with Crippen molar-refractivity contribution in [2.24, 2.45) is 5.41 Å². The van der Waals surface area contributed by atoms with Gasteiger partial charge in [0.2, 0.25) is 0 Å². The number of hydrogen-bond donors (Lipinski definition) is 0. The summed E-state index contributed by atoms with van der Waals surface area (Å²) in [5.74, 6) is 0.144. The van der Waals surface area contributed by atoms with E-state index in [1.165, 1.54) is 12.8 Å². The second kappa shape index (κ2) is 6.61. The van der Waals surface area contributed by atoms with Gasteiger partial charge in [-0.2, -0.15) is 0 Å². The second-order valence-electron chi connectivity index (χ2n) is 5.62. The molecule has 1 aromatic carbocycles. The Morgan fingerprint density at radius 3 is 2.30 bits per heavy atom. The standard InChI is InChI=1S/C16H21Br2NO/c1-3-16(4-2)7-9-19(10-8-16)15(20)13-6-5-12(17)11-14(13)18/h5-6,11H,3-4,7-10H2,1-2H3. The average molecular weight is 403 g/mol. The Labute approximate surface area is 138 Å². The molecule has 0 N–H and O–H groups in total. The summed E-state index contributed by atoms with van der Waals surface area (Å²) in [6.07, 6.45) is 4.68. The van der Waals surface area contributed by atoms with Crippen molar-refractivity contribution in [1.29, 1.82) is 0 Å². The molecular weight excluding hydrogens is 382 g/mol. The van der Waals surface area contributed by atoms with Crippen LogP contribution in [0.4, 0.5) is 0 Å². The zero-order valence-electron chi connectivity index (χ0n) is 12.1. The van der Waals surface area contributed by atoms with E-state index in [0.717, 1.165) is 40.4 Å². The predicted octanol–water partition coefficient (Wildman–Crippen LogP) is 5.25. The fourth-order valence-corrected chi connectivity index (χ4v) is 4.19. The lowest BCUT2D eigenvalue weighted by Crippen LogP contribution is -2.42. The third-order valence-electron chi connectivity index (χ3n) is 4.77. The second-order valence-corrected chi connectivity index (χ2v) is 7.39. The summed E-state index contributed by atoms with van der Waals surface area (Å²) in [4.78, 5) is 14.6. The van der Waals surface area contributed by atoms with E-state index in [-0.39, 0.29) is 5.91 Å². The number of amides is 1. The Morgan fingerprint density at radius 2 is 1.80 bits per heavy atom. The third-order valence-corrected chi connectivity index (χ3v) is 5.92. The van der Waals surface area contributed by atoms with Gasteiger partial charge >= 0.3 is 0 Å². The highest BCUT2D eigenvalue weighted by Gasteiger charge is 2.33. The number of halogens is 2. The van der Waals surface area contributed by atoms with Crippen molar-refractivity contribution in [1.82, 2.24) is 4.90 Å². The number of piperidine rings is 1. The van der Waals surface area contributed by atoms with Gasteiger partial charge in [-0.15, -0.1) is 0 Å². The van der Waals surface area contributed by atoms with E-state index in [2.05, 4.69) is 45.7 Å². The lowest BCUT2D eigenvalue weighted by molar-refractivity contribution is 0.0557. The average Bonchev–Trinajstić information content (AvgIpc) is 2.47. The van der Waals surface area contributed by atoms with Gasteiger partial charge in [0.1, 0.15) is 0 Å². The Balaban J connectivity index is 2.09. The zero-order chi connectivity index (χ0) is 14.8. The Hall–Kier alpha value is -0.350. The summed E-state index contributed by atoms with van der Waals surface area (Å²) in [6.45, 7) is 6.30. The van der Waals surface area contributed by atoms with Gasteiger partial charge in [0, 0.05) is 22.0 Å². The van der Waals surface area contributed by atoms with Crippen LogP contribution in [0.3, 0.4) is 0 Å². The van der Waals surface area contributed by atoms with Crippen LogP contribution in [0.5, 0.6) is 0 Å². The topological polar surface area (TPSA) is 20.3 Å². The molecule has 0 spiro atoms. The number of carbonyl (C=O) groups excluding carboxylic acids is 1. The summed E-state index contributed by atoms with van der Waals surface area (Å²) in [7, 11) is 0. The first-order chi connectivity index (χ1) is 9.51. The maximum absolute atomic E-state index is 12.6. The maximum Gasteiger partial charge on any atom is 0.254 e. The molecule has 0 aromatic heterocycles. The molecule has 1 aliphatic heterocycles. The van der Waals surface area contributed by atoms with E-state index >= 15 is 0 Å². The Bertz CT molecular complexity index is 487. The van der Waals surface area contributed by atoms with Crippen molar-refractivity contribution in [3.05, 3.63) is 32.7 Å². The van der Waals surface area contributed by atoms with Crippen molar-refractivity contribution >= 4 is 37.8 Å². The van der Waals surface area contributed by atoms with Crippen LogP contribution >= 0.6 is 31.9 Å². The Morgan fingerprint density at radius 1 is 1.20 bits per heavy atom. The highest BCUT2D eigenvalue weighted by molar-refractivity contribution is 9.11. The van der Waals surface area contributed by atoms with E-state index in [1.54, 1.807) is 0 Å². The third kappa shape index (κ3) is 3.28. The number of likely N-dealkylation sites (tertiary alicyclic amines) is 1. The van der Waals surface area contributed by atoms with Crippen LogP contribution in [0.2, 0.25) is 0 Å². The van der Waals surface area contributed by atoms with Crippen molar-refractivity contribution in [2.75, 3.05) is 13.1 Å². The number of hydrogen-bond acceptors (Lipinski definition) is 1. The molecule has 1 amide bonds. The molecule has 1 heterocycles. The number of nitrogens with zero attached hydrogens (tertiary/aromatic N) is 1. The van der Waals surface area contributed by atoms with E-state index < -0.39 is 0 Å². The summed E-state index contributed by atoms with van der Waals surface area (Å²) < 4.78 is 1.84. The van der Waals surface area contributed by atoms with Crippen LogP contribution in [-0.4, -0.2) is 23.9 Å². The molecule has 1 aromatic rings. The summed E-state index contributed by atoms with van der Waals surface area (Å²) in [5.41, 5.74) is 1.21. The quantitative estimate of drug-likeness (QED) is 0.675. The van der Waals surface area contributed by atoms with Crippen LogP contribution < -0.4 is 0 Å². The van der Waals surface area contributed by atoms with Crippen molar-refractivity contribution in [3.63, 3.8) is 0 Å². The van der Waals surface area contributed by atoms with E-state index in [9.17, 15) is 4.79 Å². The van der Waals surface area contributed by atoms with Gasteiger partial charge in [0.25, 0.3) is 5.91 Å². The molecule has 1 saturated heterocycles. The SMILES string of the molecule is CCC1(CC)CCN(C(=O)c2ccc(Br)cc2Br)CC1. The van der Waals surface area contributed by atoms with Gasteiger partial charge in [-0.1, -0.05) is 42.6 Å². The lowest BCUT2D eigenvalue weighted by atomic mass is 9.74. The monoisotopic (exact) mass is 401 g/mol. The molecule has 0 radical (unpaired) electrons. The van der Waals surface area contributed by atoms with E-state index in [1.807, 2.05) is 23.1 Å². The molecule has 20 heavy (non-hydrogen) atoms. The molecule has 0 atom stereocenters. The normalized spacial score (nSPS) is 18.1. The first kappa shape index (κ1) is 16.0. The van der Waals surface area contributed by atoms with Gasteiger partial charge in [-0.3, -0.25) is 4.79 Å². The summed E-state index contributed by atoms with van der Waals surface area (Å²) in [6, 6.07) is 5.74. The molecule has 4 heteroatoms. The van der Waals surface area contributed by atoms with Gasteiger partial charge in [0.15, 0.2) is 0 Å². The van der Waals surface area contributed by atoms with E-state index in [4.69, 9.17) is 0 Å². The molecule has 0 unspecified atom stereocenters. The molecule has 2 rings (SSSR count). The van der Waals surface area contributed by atoms with Crippen LogP contribution in [0, 0.1) is 5.41 Å². The highest BCUT2D eigenvalue weighted by atomic mass is 79.9. The largest absolute Gasteiger partial charge is 0.339 e. The minimum atomic E-state index is 0.144. The van der Waals surface area contributed by atoms with Crippen LogP contribution in [0.15, 0.2) is 27.1 Å². The zero-order valence-corrected chi connectivity index (χ0v) is 15.3. The molecule has 1 aliphatic rings. The molecule has 0 bridgehead atoms. The van der Waals surface area contributed by atoms with Crippen LogP contribution in [-0.2, 0) is 0 Å². The minimum Gasteiger partial charge on any atom is -0.339 e. The van der Waals surface area contributed by atoms with Gasteiger partial charge < -0.3 is 4.90 Å². The van der Waals surface area contributed by atoms with Crippen molar-refractivity contribution < 1.29 is 4.79 Å². The number of benzene rings is 1. The van der Waals surface area contributed by atoms with Crippen LogP contribution in [0.25, 0.3) is 0 Å². The lowest BCUT2D eigenvalue weighted by Gasteiger charge is -2.41.